The molecule has 0 atom stereocenters. The smallest absolute Gasteiger partial charge is 0.301 e. The van der Waals surface area contributed by atoms with E-state index >= 15 is 0 Å². The van der Waals surface area contributed by atoms with E-state index in [-0.39, 0.29) is 11.8 Å². The molecule has 0 aliphatic carbocycles. The maximum Gasteiger partial charge on any atom is 0.301 e. The molecule has 7 nitrogen and oxygen atoms in total. The summed E-state index contributed by atoms with van der Waals surface area (Å²) >= 11 is 1.05. The Morgan fingerprint density at radius 2 is 1.83 bits per heavy atom. The molecule has 124 valence electrons. The lowest BCUT2D eigenvalue weighted by atomic mass is 10.1. The summed E-state index contributed by atoms with van der Waals surface area (Å²) in [6, 6.07) is 6.58. The predicted molar refractivity (Wildman–Crippen MR) is 89.2 cm³/mol. The maximum absolute atomic E-state index is 12.7. The molecule has 0 bridgehead atoms. The van der Waals surface area contributed by atoms with Crippen molar-refractivity contribution < 1.29 is 14.4 Å². The third-order valence-corrected chi connectivity index (χ3v) is 4.47. The maximum atomic E-state index is 12.7. The Morgan fingerprint density at radius 3 is 2.33 bits per heavy atom. The van der Waals surface area contributed by atoms with E-state index in [0.717, 1.165) is 22.5 Å². The largest absolute Gasteiger partial charge is 0.336 e. The Hall–Kier alpha value is -2.61. The summed E-state index contributed by atoms with van der Waals surface area (Å²) in [6.45, 7) is 1.93. The van der Waals surface area contributed by atoms with Gasteiger partial charge in [0, 0.05) is 7.05 Å². The number of thioether (sulfide) groups is 1. The number of hydrazine groups is 1. The first-order valence-corrected chi connectivity index (χ1v) is 8.40. The Balaban J connectivity index is 1.97. The highest BCUT2D eigenvalue weighted by Crippen LogP contribution is 2.27. The number of aromatic nitrogens is 2. The molecular weight excluding hydrogens is 328 g/mol. The molecule has 2 heterocycles. The number of imidazole rings is 1. The van der Waals surface area contributed by atoms with Crippen molar-refractivity contribution in [2.24, 2.45) is 7.05 Å². The molecule has 1 aliphatic rings. The van der Waals surface area contributed by atoms with Gasteiger partial charge in [-0.15, -0.1) is 0 Å². The van der Waals surface area contributed by atoms with E-state index in [0.29, 0.717) is 16.9 Å². The van der Waals surface area contributed by atoms with Crippen LogP contribution >= 0.6 is 11.8 Å². The molecule has 0 fully saturated rings. The molecule has 1 aromatic heterocycles. The zero-order valence-corrected chi connectivity index (χ0v) is 14.1. The van der Waals surface area contributed by atoms with Crippen LogP contribution < -0.4 is 0 Å². The first kappa shape index (κ1) is 16.3. The lowest BCUT2D eigenvalue weighted by molar-refractivity contribution is 0.0198. The van der Waals surface area contributed by atoms with Crippen molar-refractivity contribution in [3.8, 4) is 0 Å². The average Bonchev–Trinajstić information content (AvgIpc) is 3.08. The minimum absolute atomic E-state index is 0.0911. The molecule has 0 unspecified atom stereocenters. The third-order valence-electron chi connectivity index (χ3n) is 3.72. The summed E-state index contributed by atoms with van der Waals surface area (Å²) in [5.41, 5.74) is 1.34. The quantitative estimate of drug-likeness (QED) is 0.796. The van der Waals surface area contributed by atoms with E-state index in [1.165, 1.54) is 5.01 Å². The van der Waals surface area contributed by atoms with Crippen LogP contribution in [-0.4, -0.2) is 42.4 Å². The summed E-state index contributed by atoms with van der Waals surface area (Å²) in [6.07, 6.45) is 3.21. The van der Waals surface area contributed by atoms with Gasteiger partial charge in [0.05, 0.1) is 35.9 Å². The second kappa shape index (κ2) is 6.48. The fourth-order valence-electron chi connectivity index (χ4n) is 2.50. The van der Waals surface area contributed by atoms with Crippen LogP contribution in [0.1, 0.15) is 33.3 Å². The molecule has 1 aliphatic heterocycles. The fourth-order valence-corrected chi connectivity index (χ4v) is 3.04. The summed E-state index contributed by atoms with van der Waals surface area (Å²) in [4.78, 5) is 41.8. The second-order valence-electron chi connectivity index (χ2n) is 5.22. The summed E-state index contributed by atoms with van der Waals surface area (Å²) < 4.78 is 1.75. The zero-order chi connectivity index (χ0) is 17.3. The van der Waals surface area contributed by atoms with E-state index in [9.17, 15) is 14.4 Å². The Labute approximate surface area is 143 Å². The van der Waals surface area contributed by atoms with Crippen LogP contribution in [-0.2, 0) is 13.6 Å². The standard InChI is InChI=1S/C16H16N4O3S/c1-3-24-16(23)19(9-11-8-17-10-18(11)2)20-14(21)12-6-4-5-7-13(12)15(20)22/h4-8,10H,3,9H2,1-2H3. The Morgan fingerprint density at radius 1 is 1.21 bits per heavy atom. The lowest BCUT2D eigenvalue weighted by Gasteiger charge is -2.29. The van der Waals surface area contributed by atoms with Gasteiger partial charge in [-0.3, -0.25) is 14.4 Å². The zero-order valence-electron chi connectivity index (χ0n) is 13.3. The van der Waals surface area contributed by atoms with Crippen LogP contribution in [0.25, 0.3) is 0 Å². The molecule has 0 N–H and O–H groups in total. The van der Waals surface area contributed by atoms with E-state index in [1.54, 1.807) is 48.4 Å². The third kappa shape index (κ3) is 2.69. The minimum Gasteiger partial charge on any atom is -0.336 e. The monoisotopic (exact) mass is 344 g/mol. The number of amides is 3. The van der Waals surface area contributed by atoms with Gasteiger partial charge in [-0.1, -0.05) is 30.8 Å². The first-order chi connectivity index (χ1) is 11.5. The highest BCUT2D eigenvalue weighted by molar-refractivity contribution is 8.13. The molecule has 2 aromatic rings. The molecule has 1 aromatic carbocycles. The highest BCUT2D eigenvalue weighted by Gasteiger charge is 2.41. The number of hydrogen-bond acceptors (Lipinski definition) is 5. The van der Waals surface area contributed by atoms with Crippen LogP contribution in [0, 0.1) is 0 Å². The SMILES string of the molecule is CCSC(=O)N(Cc1cncn1C)N1C(=O)c2ccccc2C1=O. The number of imide groups is 1. The van der Waals surface area contributed by atoms with E-state index in [4.69, 9.17) is 0 Å². The van der Waals surface area contributed by atoms with Gasteiger partial charge in [0.2, 0.25) is 0 Å². The number of carbonyl (C=O) groups is 3. The van der Waals surface area contributed by atoms with E-state index in [1.807, 2.05) is 6.92 Å². The summed E-state index contributed by atoms with van der Waals surface area (Å²) in [7, 11) is 1.79. The van der Waals surface area contributed by atoms with Gasteiger partial charge < -0.3 is 4.57 Å². The molecule has 0 saturated heterocycles. The van der Waals surface area contributed by atoms with E-state index < -0.39 is 11.8 Å². The van der Waals surface area contributed by atoms with Crippen molar-refractivity contribution in [3.63, 3.8) is 0 Å². The topological polar surface area (TPSA) is 75.5 Å². The van der Waals surface area contributed by atoms with Crippen LogP contribution in [0.15, 0.2) is 36.8 Å². The molecule has 3 rings (SSSR count). The Bertz CT molecular complexity index is 782. The second-order valence-corrected chi connectivity index (χ2v) is 6.44. The predicted octanol–water partition coefficient (Wildman–Crippen LogP) is 2.31. The number of hydrogen-bond donors (Lipinski definition) is 0. The molecule has 3 amide bonds. The molecular formula is C16H16N4O3S. The van der Waals surface area contributed by atoms with Crippen molar-refractivity contribution in [1.29, 1.82) is 0 Å². The minimum atomic E-state index is -0.483. The van der Waals surface area contributed by atoms with Gasteiger partial charge in [0.25, 0.3) is 11.8 Å². The van der Waals surface area contributed by atoms with Gasteiger partial charge in [-0.25, -0.2) is 9.99 Å². The van der Waals surface area contributed by atoms with Gasteiger partial charge >= 0.3 is 5.24 Å². The Kier molecular flexibility index (Phi) is 4.39. The van der Waals surface area contributed by atoms with Crippen molar-refractivity contribution >= 4 is 28.8 Å². The van der Waals surface area contributed by atoms with Gasteiger partial charge in [-0.05, 0) is 17.9 Å². The van der Waals surface area contributed by atoms with Crippen molar-refractivity contribution in [3.05, 3.63) is 53.6 Å². The molecule has 8 heteroatoms. The van der Waals surface area contributed by atoms with Crippen LogP contribution in [0.4, 0.5) is 4.79 Å². The van der Waals surface area contributed by atoms with Crippen molar-refractivity contribution in [2.75, 3.05) is 5.75 Å². The van der Waals surface area contributed by atoms with Gasteiger partial charge in [-0.2, -0.15) is 5.01 Å². The summed E-state index contributed by atoms with van der Waals surface area (Å²) in [5.74, 6) is -0.421. The number of rotatable bonds is 4. The van der Waals surface area contributed by atoms with Crippen LogP contribution in [0.5, 0.6) is 0 Å². The van der Waals surface area contributed by atoms with Crippen molar-refractivity contribution in [1.82, 2.24) is 19.6 Å². The van der Waals surface area contributed by atoms with Gasteiger partial charge in [0.15, 0.2) is 0 Å². The lowest BCUT2D eigenvalue weighted by Crippen LogP contribution is -2.48. The molecule has 0 radical (unpaired) electrons. The number of nitrogens with zero attached hydrogens (tertiary/aromatic N) is 4. The number of aryl methyl sites for hydroxylation is 1. The normalized spacial score (nSPS) is 13.3. The summed E-state index contributed by atoms with van der Waals surface area (Å²) in [5, 5.41) is 1.77. The number of benzene rings is 1. The number of fused-ring (bicyclic) bond motifs is 1. The molecule has 0 spiro atoms. The van der Waals surface area contributed by atoms with Crippen LogP contribution in [0.3, 0.4) is 0 Å². The van der Waals surface area contributed by atoms with E-state index in [2.05, 4.69) is 4.98 Å². The number of carbonyl (C=O) groups excluding carboxylic acids is 3. The molecule has 24 heavy (non-hydrogen) atoms. The average molecular weight is 344 g/mol. The first-order valence-electron chi connectivity index (χ1n) is 7.41. The van der Waals surface area contributed by atoms with Crippen molar-refractivity contribution in [2.45, 2.75) is 13.5 Å². The highest BCUT2D eigenvalue weighted by atomic mass is 32.2. The van der Waals surface area contributed by atoms with Crippen LogP contribution in [0.2, 0.25) is 0 Å². The fraction of sp³-hybridized carbons (Fsp3) is 0.250. The molecule has 0 saturated carbocycles. The van der Waals surface area contributed by atoms with Gasteiger partial charge in [0.1, 0.15) is 0 Å².